The van der Waals surface area contributed by atoms with Gasteiger partial charge in [-0.15, -0.1) is 0 Å². The van der Waals surface area contributed by atoms with Gasteiger partial charge < -0.3 is 13.7 Å². The molecule has 0 amide bonds. The lowest BCUT2D eigenvalue weighted by atomic mass is 10.2. The van der Waals surface area contributed by atoms with Crippen LogP contribution in [-0.4, -0.2) is 27.6 Å². The molecule has 0 aliphatic carbocycles. The smallest absolute Gasteiger partial charge is 0.282 e. The summed E-state index contributed by atoms with van der Waals surface area (Å²) in [5, 5.41) is 6.54. The van der Waals surface area contributed by atoms with Crippen molar-refractivity contribution in [2.24, 2.45) is 5.10 Å². The van der Waals surface area contributed by atoms with E-state index in [0.717, 1.165) is 28.0 Å². The number of aryl methyl sites for hydroxylation is 1. The van der Waals surface area contributed by atoms with Crippen molar-refractivity contribution < 1.29 is 9.15 Å². The second-order valence-corrected chi connectivity index (χ2v) is 9.38. The molecule has 8 heteroatoms. The van der Waals surface area contributed by atoms with E-state index >= 15 is 0 Å². The van der Waals surface area contributed by atoms with Crippen molar-refractivity contribution in [2.75, 3.05) is 7.11 Å². The summed E-state index contributed by atoms with van der Waals surface area (Å²) in [5.74, 6) is 1.38. The van der Waals surface area contributed by atoms with Crippen molar-refractivity contribution in [1.82, 2.24) is 14.2 Å². The highest BCUT2D eigenvalue weighted by atomic mass is 35.5. The number of rotatable bonds is 5. The van der Waals surface area contributed by atoms with Crippen LogP contribution < -0.4 is 10.3 Å². The summed E-state index contributed by atoms with van der Waals surface area (Å²) in [7, 11) is 1.61. The van der Waals surface area contributed by atoms with Gasteiger partial charge in [-0.25, -0.2) is 4.98 Å². The van der Waals surface area contributed by atoms with Crippen molar-refractivity contribution in [3.63, 3.8) is 0 Å². The van der Waals surface area contributed by atoms with Gasteiger partial charge in [0.15, 0.2) is 5.76 Å². The molecule has 3 heterocycles. The summed E-state index contributed by atoms with van der Waals surface area (Å²) in [6.07, 6.45) is 1.67. The summed E-state index contributed by atoms with van der Waals surface area (Å²) in [5.41, 5.74) is 4.68. The number of hydrogen-bond acceptors (Lipinski definition) is 5. The number of methoxy groups -OCH3 is 1. The van der Waals surface area contributed by atoms with Crippen LogP contribution in [0.15, 0.2) is 93.2 Å². The zero-order valence-corrected chi connectivity index (χ0v) is 21.7. The Morgan fingerprint density at radius 2 is 1.79 bits per heavy atom. The molecular formula is C30H23ClN4O3. The molecule has 0 fully saturated rings. The molecular weight excluding hydrogens is 500 g/mol. The lowest BCUT2D eigenvalue weighted by Gasteiger charge is -2.10. The number of ether oxygens (including phenoxy) is 1. The molecule has 0 saturated carbocycles. The fourth-order valence-corrected chi connectivity index (χ4v) is 4.95. The molecule has 0 saturated heterocycles. The van der Waals surface area contributed by atoms with Crippen molar-refractivity contribution in [2.45, 2.75) is 13.8 Å². The average Bonchev–Trinajstić information content (AvgIpc) is 3.48. The molecule has 38 heavy (non-hydrogen) atoms. The quantitative estimate of drug-likeness (QED) is 0.234. The highest BCUT2D eigenvalue weighted by Gasteiger charge is 2.18. The van der Waals surface area contributed by atoms with E-state index in [0.29, 0.717) is 38.8 Å². The van der Waals surface area contributed by atoms with E-state index in [-0.39, 0.29) is 5.56 Å². The Bertz CT molecular complexity index is 1930. The normalized spacial score (nSPS) is 11.7. The molecule has 3 aromatic carbocycles. The van der Waals surface area contributed by atoms with Gasteiger partial charge in [-0.2, -0.15) is 9.78 Å². The first-order chi connectivity index (χ1) is 18.4. The summed E-state index contributed by atoms with van der Waals surface area (Å²) in [4.78, 5) is 18.4. The largest absolute Gasteiger partial charge is 0.496 e. The monoisotopic (exact) mass is 522 g/mol. The van der Waals surface area contributed by atoms with Crippen LogP contribution in [0.25, 0.3) is 39.1 Å². The SMILES string of the molecule is COc1cccc2oc(-c3nc4ccccc4c(=O)n3N=Cc3cc(C)n(-c4cccc(Cl)c4)c3C)cc12. The van der Waals surface area contributed by atoms with Crippen molar-refractivity contribution in [3.05, 3.63) is 111 Å². The topological polar surface area (TPSA) is 74.6 Å². The molecule has 0 radical (unpaired) electrons. The first-order valence-electron chi connectivity index (χ1n) is 12.0. The number of aromatic nitrogens is 3. The van der Waals surface area contributed by atoms with Gasteiger partial charge in [0.2, 0.25) is 5.82 Å². The second kappa shape index (κ2) is 9.36. The minimum atomic E-state index is -0.294. The Hall–Kier alpha value is -4.62. The predicted molar refractivity (Wildman–Crippen MR) is 151 cm³/mol. The zero-order chi connectivity index (χ0) is 26.4. The number of benzene rings is 3. The maximum absolute atomic E-state index is 13.6. The van der Waals surface area contributed by atoms with Crippen LogP contribution >= 0.6 is 11.6 Å². The summed E-state index contributed by atoms with van der Waals surface area (Å²) in [6.45, 7) is 4.02. The Kier molecular flexibility index (Phi) is 5.85. The fraction of sp³-hybridized carbons (Fsp3) is 0.100. The molecule has 3 aromatic heterocycles. The van der Waals surface area contributed by atoms with E-state index in [1.54, 1.807) is 25.5 Å². The van der Waals surface area contributed by atoms with Crippen LogP contribution in [0.4, 0.5) is 0 Å². The van der Waals surface area contributed by atoms with Crippen LogP contribution in [0.1, 0.15) is 17.0 Å². The van der Waals surface area contributed by atoms with Gasteiger partial charge in [-0.3, -0.25) is 4.79 Å². The third-order valence-corrected chi connectivity index (χ3v) is 6.80. The Morgan fingerprint density at radius 1 is 0.974 bits per heavy atom. The molecule has 6 rings (SSSR count). The molecule has 188 valence electrons. The highest BCUT2D eigenvalue weighted by molar-refractivity contribution is 6.30. The van der Waals surface area contributed by atoms with E-state index < -0.39 is 0 Å². The first kappa shape index (κ1) is 23.8. The van der Waals surface area contributed by atoms with Gasteiger partial charge in [0.05, 0.1) is 29.6 Å². The van der Waals surface area contributed by atoms with Gasteiger partial charge in [-0.05, 0) is 68.4 Å². The molecule has 0 unspecified atom stereocenters. The van der Waals surface area contributed by atoms with Gasteiger partial charge in [0.1, 0.15) is 11.3 Å². The molecule has 6 aromatic rings. The van der Waals surface area contributed by atoms with Crippen LogP contribution in [0, 0.1) is 13.8 Å². The van der Waals surface area contributed by atoms with E-state index in [1.165, 1.54) is 4.68 Å². The number of furan rings is 1. The first-order valence-corrected chi connectivity index (χ1v) is 12.4. The van der Waals surface area contributed by atoms with E-state index in [4.69, 9.17) is 25.7 Å². The minimum absolute atomic E-state index is 0.294. The third-order valence-electron chi connectivity index (χ3n) is 6.56. The zero-order valence-electron chi connectivity index (χ0n) is 21.0. The second-order valence-electron chi connectivity index (χ2n) is 8.94. The van der Waals surface area contributed by atoms with Crippen LogP contribution in [0.3, 0.4) is 0 Å². The third kappa shape index (κ3) is 3.97. The maximum atomic E-state index is 13.6. The number of halogens is 1. The van der Waals surface area contributed by atoms with Crippen molar-refractivity contribution in [3.8, 4) is 23.0 Å². The van der Waals surface area contributed by atoms with Crippen LogP contribution in [0.5, 0.6) is 5.75 Å². The number of fused-ring (bicyclic) bond motifs is 2. The highest BCUT2D eigenvalue weighted by Crippen LogP contribution is 2.33. The minimum Gasteiger partial charge on any atom is -0.496 e. The van der Waals surface area contributed by atoms with Crippen LogP contribution in [-0.2, 0) is 0 Å². The van der Waals surface area contributed by atoms with Gasteiger partial charge in [0.25, 0.3) is 5.56 Å². The predicted octanol–water partition coefficient (Wildman–Crippen LogP) is 6.76. The van der Waals surface area contributed by atoms with Crippen LogP contribution in [0.2, 0.25) is 5.02 Å². The summed E-state index contributed by atoms with van der Waals surface area (Å²) in [6, 6.07) is 24.3. The molecule has 0 bridgehead atoms. The van der Waals surface area contributed by atoms with Crippen molar-refractivity contribution in [1.29, 1.82) is 0 Å². The van der Waals surface area contributed by atoms with E-state index in [2.05, 4.69) is 9.67 Å². The van der Waals surface area contributed by atoms with Gasteiger partial charge in [-0.1, -0.05) is 35.9 Å². The summed E-state index contributed by atoms with van der Waals surface area (Å²) < 4.78 is 15.0. The van der Waals surface area contributed by atoms with E-state index in [1.807, 2.05) is 80.6 Å². The Labute approximate surface area is 223 Å². The molecule has 0 spiro atoms. The maximum Gasteiger partial charge on any atom is 0.282 e. The molecule has 0 N–H and O–H groups in total. The number of para-hydroxylation sites is 1. The lowest BCUT2D eigenvalue weighted by molar-refractivity contribution is 0.419. The average molecular weight is 523 g/mol. The number of nitrogens with zero attached hydrogens (tertiary/aromatic N) is 4. The van der Waals surface area contributed by atoms with Gasteiger partial charge >= 0.3 is 0 Å². The fourth-order valence-electron chi connectivity index (χ4n) is 4.76. The van der Waals surface area contributed by atoms with E-state index in [9.17, 15) is 4.79 Å². The molecule has 0 aliphatic heterocycles. The number of hydrogen-bond donors (Lipinski definition) is 0. The Balaban J connectivity index is 1.52. The summed E-state index contributed by atoms with van der Waals surface area (Å²) >= 11 is 6.24. The Morgan fingerprint density at radius 3 is 2.61 bits per heavy atom. The lowest BCUT2D eigenvalue weighted by Crippen LogP contribution is -2.20. The molecule has 0 aliphatic rings. The standard InChI is InChI=1S/C30H23ClN4O3/c1-18-14-20(19(2)34(18)22-9-6-8-21(31)15-22)17-32-35-29(33-25-11-5-4-10-23(25)30(35)36)28-16-24-26(37-3)12-7-13-27(24)38-28/h4-17H,1-3H3. The molecule has 7 nitrogen and oxygen atoms in total. The molecule has 0 atom stereocenters. The van der Waals surface area contributed by atoms with Gasteiger partial charge in [0, 0.05) is 27.7 Å². The van der Waals surface area contributed by atoms with Crippen molar-refractivity contribution >= 4 is 39.7 Å².